The average Bonchev–Trinajstić information content (AvgIpc) is 3.21. The molecule has 0 saturated carbocycles. The number of hydrogen-bond donors (Lipinski definition) is 0. The van der Waals surface area contributed by atoms with Crippen LogP contribution in [0.15, 0.2) is 40.9 Å². The van der Waals surface area contributed by atoms with Crippen LogP contribution >= 0.6 is 23.1 Å². The Bertz CT molecular complexity index is 826. The Hall–Kier alpha value is -1.70. The van der Waals surface area contributed by atoms with Crippen LogP contribution in [0.2, 0.25) is 0 Å². The molecule has 2 aromatic heterocycles. The van der Waals surface area contributed by atoms with Gasteiger partial charge in [-0.15, -0.1) is 21.5 Å². The summed E-state index contributed by atoms with van der Waals surface area (Å²) >= 11 is 3.40. The summed E-state index contributed by atoms with van der Waals surface area (Å²) in [6, 6.07) is 10.8. The molecule has 0 aliphatic rings. The third kappa shape index (κ3) is 4.52. The molecule has 3 rings (SSSR count). The third-order valence-electron chi connectivity index (χ3n) is 4.25. The number of rotatable bonds is 8. The summed E-state index contributed by atoms with van der Waals surface area (Å²) in [5, 5.41) is 13.2. The van der Waals surface area contributed by atoms with Gasteiger partial charge >= 0.3 is 0 Å². The van der Waals surface area contributed by atoms with Crippen molar-refractivity contribution < 1.29 is 0 Å². The van der Waals surface area contributed by atoms with Crippen LogP contribution in [0.4, 0.5) is 0 Å². The summed E-state index contributed by atoms with van der Waals surface area (Å²) in [4.78, 5) is 6.77. The molecule has 0 unspecified atom stereocenters. The number of nitrogens with zero attached hydrogens (tertiary/aromatic N) is 5. The first kappa shape index (κ1) is 19.1. The molecule has 138 valence electrons. The summed E-state index contributed by atoms with van der Waals surface area (Å²) in [6.07, 6.45) is 0.996. The lowest BCUT2D eigenvalue weighted by atomic mass is 10.2. The highest BCUT2D eigenvalue weighted by atomic mass is 32.2. The third-order valence-corrected chi connectivity index (χ3v) is 6.08. The Balaban J connectivity index is 1.88. The van der Waals surface area contributed by atoms with Gasteiger partial charge in [0.1, 0.15) is 0 Å². The van der Waals surface area contributed by atoms with Crippen LogP contribution in [0.3, 0.4) is 0 Å². The van der Waals surface area contributed by atoms with Gasteiger partial charge in [-0.3, -0.25) is 4.90 Å². The van der Waals surface area contributed by atoms with E-state index in [1.54, 1.807) is 23.1 Å². The second-order valence-electron chi connectivity index (χ2n) is 6.45. The Labute approximate surface area is 163 Å². The quantitative estimate of drug-likeness (QED) is 0.536. The van der Waals surface area contributed by atoms with Crippen LogP contribution in [0.1, 0.15) is 41.5 Å². The smallest absolute Gasteiger partial charge is 0.191 e. The SMILES string of the molecule is CC[C@H](c1nnc(SCc2csc(C)n2)n1Cc1ccccc1)N(C)C. The highest BCUT2D eigenvalue weighted by Crippen LogP contribution is 2.28. The van der Waals surface area contributed by atoms with Crippen LogP contribution in [0.5, 0.6) is 0 Å². The van der Waals surface area contributed by atoms with Crippen molar-refractivity contribution in [2.45, 2.75) is 43.8 Å². The molecule has 3 aromatic rings. The maximum Gasteiger partial charge on any atom is 0.191 e. The molecule has 5 nitrogen and oxygen atoms in total. The zero-order chi connectivity index (χ0) is 18.5. The fraction of sp³-hybridized carbons (Fsp3) is 0.421. The van der Waals surface area contributed by atoms with Gasteiger partial charge in [-0.05, 0) is 33.0 Å². The number of aromatic nitrogens is 4. The number of aryl methyl sites for hydroxylation is 1. The van der Waals surface area contributed by atoms with E-state index >= 15 is 0 Å². The maximum absolute atomic E-state index is 4.56. The molecule has 1 aromatic carbocycles. The molecule has 0 fully saturated rings. The second kappa shape index (κ2) is 8.79. The number of thioether (sulfide) groups is 1. The van der Waals surface area contributed by atoms with Gasteiger partial charge in [-0.1, -0.05) is 49.0 Å². The normalized spacial score (nSPS) is 12.7. The molecular weight excluding hydrogens is 362 g/mol. The minimum atomic E-state index is 0.252. The van der Waals surface area contributed by atoms with E-state index < -0.39 is 0 Å². The van der Waals surface area contributed by atoms with Crippen LogP contribution in [-0.4, -0.2) is 38.7 Å². The Morgan fingerprint density at radius 1 is 1.19 bits per heavy atom. The monoisotopic (exact) mass is 387 g/mol. The van der Waals surface area contributed by atoms with Crippen LogP contribution in [0.25, 0.3) is 0 Å². The molecule has 0 radical (unpaired) electrons. The second-order valence-corrected chi connectivity index (χ2v) is 8.45. The first-order valence-corrected chi connectivity index (χ1v) is 10.6. The van der Waals surface area contributed by atoms with Gasteiger partial charge < -0.3 is 4.57 Å². The van der Waals surface area contributed by atoms with E-state index in [1.807, 2.05) is 13.0 Å². The minimum absolute atomic E-state index is 0.252. The van der Waals surface area contributed by atoms with Crippen molar-refractivity contribution >= 4 is 23.1 Å². The fourth-order valence-corrected chi connectivity index (χ4v) is 4.52. The fourth-order valence-electron chi connectivity index (χ4n) is 2.96. The van der Waals surface area contributed by atoms with E-state index in [0.29, 0.717) is 0 Å². The van der Waals surface area contributed by atoms with E-state index in [-0.39, 0.29) is 6.04 Å². The van der Waals surface area contributed by atoms with Crippen molar-refractivity contribution in [1.29, 1.82) is 0 Å². The molecule has 0 saturated heterocycles. The lowest BCUT2D eigenvalue weighted by Gasteiger charge is -2.23. The van der Waals surface area contributed by atoms with Crippen LogP contribution in [-0.2, 0) is 12.3 Å². The Morgan fingerprint density at radius 3 is 2.58 bits per heavy atom. The van der Waals surface area contributed by atoms with Gasteiger partial charge in [-0.2, -0.15) is 0 Å². The topological polar surface area (TPSA) is 46.8 Å². The lowest BCUT2D eigenvalue weighted by Crippen LogP contribution is -2.23. The number of thiazole rings is 1. The first-order valence-electron chi connectivity index (χ1n) is 8.75. The molecule has 2 heterocycles. The van der Waals surface area contributed by atoms with E-state index in [0.717, 1.165) is 40.4 Å². The van der Waals surface area contributed by atoms with E-state index in [2.05, 4.69) is 75.3 Å². The summed E-state index contributed by atoms with van der Waals surface area (Å²) in [5.41, 5.74) is 2.36. The van der Waals surface area contributed by atoms with E-state index in [1.165, 1.54) is 5.56 Å². The summed E-state index contributed by atoms with van der Waals surface area (Å²) in [5.74, 6) is 1.84. The van der Waals surface area contributed by atoms with Gasteiger partial charge in [0, 0.05) is 11.1 Å². The van der Waals surface area contributed by atoms with Crippen molar-refractivity contribution in [1.82, 2.24) is 24.6 Å². The van der Waals surface area contributed by atoms with Crippen LogP contribution in [0, 0.1) is 6.92 Å². The summed E-state index contributed by atoms with van der Waals surface area (Å²) in [7, 11) is 4.20. The molecule has 0 bridgehead atoms. The molecule has 0 aliphatic heterocycles. The van der Waals surface area contributed by atoms with E-state index in [4.69, 9.17) is 0 Å². The largest absolute Gasteiger partial charge is 0.300 e. The molecule has 0 N–H and O–H groups in total. The molecule has 0 spiro atoms. The highest BCUT2D eigenvalue weighted by Gasteiger charge is 2.22. The van der Waals surface area contributed by atoms with Crippen molar-refractivity contribution in [3.8, 4) is 0 Å². The zero-order valence-corrected chi connectivity index (χ0v) is 17.3. The van der Waals surface area contributed by atoms with Crippen molar-refractivity contribution in [3.05, 3.63) is 57.8 Å². The number of benzene rings is 1. The Morgan fingerprint density at radius 2 is 1.96 bits per heavy atom. The zero-order valence-electron chi connectivity index (χ0n) is 15.7. The average molecular weight is 388 g/mol. The van der Waals surface area contributed by atoms with Gasteiger partial charge in [0.25, 0.3) is 0 Å². The highest BCUT2D eigenvalue weighted by molar-refractivity contribution is 7.98. The van der Waals surface area contributed by atoms with Gasteiger partial charge in [0.2, 0.25) is 0 Å². The van der Waals surface area contributed by atoms with Crippen molar-refractivity contribution in [2.75, 3.05) is 14.1 Å². The molecular formula is C19H25N5S2. The van der Waals surface area contributed by atoms with E-state index in [9.17, 15) is 0 Å². The van der Waals surface area contributed by atoms with Crippen molar-refractivity contribution in [3.63, 3.8) is 0 Å². The van der Waals surface area contributed by atoms with Crippen molar-refractivity contribution in [2.24, 2.45) is 0 Å². The van der Waals surface area contributed by atoms with Gasteiger partial charge in [0.05, 0.1) is 23.3 Å². The Kier molecular flexibility index (Phi) is 6.45. The maximum atomic E-state index is 4.56. The first-order chi connectivity index (χ1) is 12.6. The molecule has 0 amide bonds. The predicted octanol–water partition coefficient (Wildman–Crippen LogP) is 4.40. The lowest BCUT2D eigenvalue weighted by molar-refractivity contribution is 0.272. The van der Waals surface area contributed by atoms with Crippen LogP contribution < -0.4 is 0 Å². The van der Waals surface area contributed by atoms with Gasteiger partial charge in [0.15, 0.2) is 11.0 Å². The summed E-state index contributed by atoms with van der Waals surface area (Å²) in [6.45, 7) is 5.01. The molecule has 1 atom stereocenters. The number of hydrogen-bond acceptors (Lipinski definition) is 6. The minimum Gasteiger partial charge on any atom is -0.300 e. The summed E-state index contributed by atoms with van der Waals surface area (Å²) < 4.78 is 2.26. The molecule has 7 heteroatoms. The predicted molar refractivity (Wildman–Crippen MR) is 109 cm³/mol. The molecule has 26 heavy (non-hydrogen) atoms. The van der Waals surface area contributed by atoms with Gasteiger partial charge in [-0.25, -0.2) is 4.98 Å². The standard InChI is InChI=1S/C19H25N5S2/c1-5-17(23(3)4)18-21-22-19(26-13-16-12-25-14(2)20-16)24(18)11-15-9-7-6-8-10-15/h6-10,12,17H,5,11,13H2,1-4H3/t17-/m1/s1. The molecule has 0 aliphatic carbocycles.